The molecule has 2 unspecified atom stereocenters. The van der Waals surface area contributed by atoms with Crippen LogP contribution in [0.3, 0.4) is 0 Å². The molecule has 2 atom stereocenters. The van der Waals surface area contributed by atoms with E-state index in [9.17, 15) is 0 Å². The third kappa shape index (κ3) is 2.35. The molecular formula is C14H17N. The van der Waals surface area contributed by atoms with E-state index in [1.165, 1.54) is 5.69 Å². The van der Waals surface area contributed by atoms with Crippen LogP contribution in [0.4, 0.5) is 0 Å². The van der Waals surface area contributed by atoms with Crippen molar-refractivity contribution in [2.75, 3.05) is 0 Å². The van der Waals surface area contributed by atoms with Gasteiger partial charge in [0.1, 0.15) is 0 Å². The lowest BCUT2D eigenvalue weighted by atomic mass is 9.83. The standard InChI is InChI=1S/C14H17N/c1-2-13(12-8-4-3-5-9-12)14-10-6-7-11-15-14/h3-8,10-13H,2,9H2,1H3. The summed E-state index contributed by atoms with van der Waals surface area (Å²) in [5.41, 5.74) is 1.23. The maximum Gasteiger partial charge on any atom is 0.0440 e. The molecule has 1 nitrogen and oxygen atoms in total. The van der Waals surface area contributed by atoms with E-state index >= 15 is 0 Å². The Balaban J connectivity index is 2.17. The van der Waals surface area contributed by atoms with Crippen LogP contribution in [0.5, 0.6) is 0 Å². The Bertz CT molecular complexity index is 351. The highest BCUT2D eigenvalue weighted by Gasteiger charge is 2.19. The molecule has 1 heterocycles. The van der Waals surface area contributed by atoms with Crippen molar-refractivity contribution in [1.82, 2.24) is 4.98 Å². The minimum atomic E-state index is 0.562. The van der Waals surface area contributed by atoms with Crippen molar-refractivity contribution in [1.29, 1.82) is 0 Å². The summed E-state index contributed by atoms with van der Waals surface area (Å²) >= 11 is 0. The molecule has 0 N–H and O–H groups in total. The second kappa shape index (κ2) is 4.92. The number of pyridine rings is 1. The van der Waals surface area contributed by atoms with Crippen molar-refractivity contribution in [3.8, 4) is 0 Å². The second-order valence-corrected chi connectivity index (χ2v) is 3.98. The van der Waals surface area contributed by atoms with E-state index in [0.29, 0.717) is 11.8 Å². The third-order valence-electron chi connectivity index (χ3n) is 3.04. The zero-order valence-corrected chi connectivity index (χ0v) is 9.13. The van der Waals surface area contributed by atoms with Crippen LogP contribution in [0.1, 0.15) is 31.4 Å². The fourth-order valence-corrected chi connectivity index (χ4v) is 2.22. The molecule has 0 fully saturated rings. The number of allylic oxidation sites excluding steroid dienone is 4. The van der Waals surface area contributed by atoms with Gasteiger partial charge in [-0.05, 0) is 30.9 Å². The zero-order valence-electron chi connectivity index (χ0n) is 9.13. The minimum Gasteiger partial charge on any atom is -0.261 e. The number of hydrogen-bond donors (Lipinski definition) is 0. The first-order valence-electron chi connectivity index (χ1n) is 5.66. The van der Waals surface area contributed by atoms with Gasteiger partial charge in [0, 0.05) is 17.8 Å². The Morgan fingerprint density at radius 3 is 2.93 bits per heavy atom. The van der Waals surface area contributed by atoms with Gasteiger partial charge in [-0.15, -0.1) is 0 Å². The first-order valence-corrected chi connectivity index (χ1v) is 5.66. The van der Waals surface area contributed by atoms with Crippen LogP contribution >= 0.6 is 0 Å². The summed E-state index contributed by atoms with van der Waals surface area (Å²) in [6.45, 7) is 2.24. The molecule has 1 heteroatoms. The highest BCUT2D eigenvalue weighted by molar-refractivity contribution is 5.18. The average Bonchev–Trinajstić information content (AvgIpc) is 2.33. The molecule has 1 aliphatic carbocycles. The van der Waals surface area contributed by atoms with E-state index in [2.05, 4.69) is 48.3 Å². The van der Waals surface area contributed by atoms with Crippen molar-refractivity contribution < 1.29 is 0 Å². The molecule has 0 saturated carbocycles. The van der Waals surface area contributed by atoms with Crippen LogP contribution in [0, 0.1) is 5.92 Å². The molecule has 1 aromatic heterocycles. The summed E-state index contributed by atoms with van der Waals surface area (Å²) in [5.74, 6) is 1.18. The molecule has 0 saturated heterocycles. The van der Waals surface area contributed by atoms with Gasteiger partial charge in [0.15, 0.2) is 0 Å². The smallest absolute Gasteiger partial charge is 0.0440 e. The normalized spacial score (nSPS) is 21.5. The fraction of sp³-hybridized carbons (Fsp3) is 0.357. The largest absolute Gasteiger partial charge is 0.261 e. The molecule has 2 rings (SSSR count). The average molecular weight is 199 g/mol. The Morgan fingerprint density at radius 2 is 2.33 bits per heavy atom. The minimum absolute atomic E-state index is 0.562. The van der Waals surface area contributed by atoms with E-state index in [1.54, 1.807) is 0 Å². The summed E-state index contributed by atoms with van der Waals surface area (Å²) in [5, 5.41) is 0. The maximum atomic E-state index is 4.47. The summed E-state index contributed by atoms with van der Waals surface area (Å²) in [4.78, 5) is 4.47. The number of aromatic nitrogens is 1. The predicted octanol–water partition coefficient (Wildman–Crippen LogP) is 3.71. The van der Waals surface area contributed by atoms with E-state index in [0.717, 1.165) is 12.8 Å². The molecule has 15 heavy (non-hydrogen) atoms. The van der Waals surface area contributed by atoms with Crippen molar-refractivity contribution in [3.05, 3.63) is 54.4 Å². The van der Waals surface area contributed by atoms with Gasteiger partial charge in [-0.3, -0.25) is 4.98 Å². The van der Waals surface area contributed by atoms with Gasteiger partial charge in [-0.1, -0.05) is 37.3 Å². The summed E-state index contributed by atoms with van der Waals surface area (Å²) in [7, 11) is 0. The number of nitrogens with zero attached hydrogens (tertiary/aromatic N) is 1. The monoisotopic (exact) mass is 199 g/mol. The molecule has 0 radical (unpaired) electrons. The first kappa shape index (κ1) is 10.2. The van der Waals surface area contributed by atoms with Crippen molar-refractivity contribution in [3.63, 3.8) is 0 Å². The van der Waals surface area contributed by atoms with Gasteiger partial charge in [0.2, 0.25) is 0 Å². The number of rotatable bonds is 3. The van der Waals surface area contributed by atoms with Crippen LogP contribution in [0.15, 0.2) is 48.7 Å². The van der Waals surface area contributed by atoms with Gasteiger partial charge in [0.05, 0.1) is 0 Å². The summed E-state index contributed by atoms with van der Waals surface area (Å²) in [6.07, 6.45) is 13.0. The molecule has 0 bridgehead atoms. The molecule has 0 amide bonds. The van der Waals surface area contributed by atoms with Gasteiger partial charge in [-0.2, -0.15) is 0 Å². The van der Waals surface area contributed by atoms with Gasteiger partial charge in [0.25, 0.3) is 0 Å². The molecule has 1 aliphatic rings. The van der Waals surface area contributed by atoms with Crippen LogP contribution in [0.2, 0.25) is 0 Å². The van der Waals surface area contributed by atoms with E-state index in [-0.39, 0.29) is 0 Å². The van der Waals surface area contributed by atoms with Crippen molar-refractivity contribution in [2.45, 2.75) is 25.7 Å². The SMILES string of the molecule is CCC(c1ccccn1)C1C=CC=CC1. The molecule has 78 valence electrons. The molecule has 0 aromatic carbocycles. The Labute approximate surface area is 91.6 Å². The fourth-order valence-electron chi connectivity index (χ4n) is 2.22. The Morgan fingerprint density at radius 1 is 1.40 bits per heavy atom. The number of hydrogen-bond acceptors (Lipinski definition) is 1. The van der Waals surface area contributed by atoms with E-state index in [1.807, 2.05) is 12.3 Å². The summed E-state index contributed by atoms with van der Waals surface area (Å²) < 4.78 is 0. The molecule has 0 aliphatic heterocycles. The van der Waals surface area contributed by atoms with Gasteiger partial charge < -0.3 is 0 Å². The third-order valence-corrected chi connectivity index (χ3v) is 3.04. The lowest BCUT2D eigenvalue weighted by Crippen LogP contribution is -2.12. The zero-order chi connectivity index (χ0) is 10.5. The molecule has 0 spiro atoms. The van der Waals surface area contributed by atoms with Crippen LogP contribution < -0.4 is 0 Å². The van der Waals surface area contributed by atoms with Crippen LogP contribution in [-0.4, -0.2) is 4.98 Å². The van der Waals surface area contributed by atoms with Gasteiger partial charge in [-0.25, -0.2) is 0 Å². The Hall–Kier alpha value is -1.37. The summed E-state index contributed by atoms with van der Waals surface area (Å²) in [6, 6.07) is 6.19. The Kier molecular flexibility index (Phi) is 3.33. The topological polar surface area (TPSA) is 12.9 Å². The molecular weight excluding hydrogens is 182 g/mol. The maximum absolute atomic E-state index is 4.47. The predicted molar refractivity (Wildman–Crippen MR) is 63.7 cm³/mol. The lowest BCUT2D eigenvalue weighted by molar-refractivity contribution is 0.484. The highest BCUT2D eigenvalue weighted by Crippen LogP contribution is 2.31. The lowest BCUT2D eigenvalue weighted by Gasteiger charge is -2.23. The molecule has 1 aromatic rings. The van der Waals surface area contributed by atoms with Crippen molar-refractivity contribution in [2.24, 2.45) is 5.92 Å². The highest BCUT2D eigenvalue weighted by atomic mass is 14.7. The quantitative estimate of drug-likeness (QED) is 0.723. The first-order chi connectivity index (χ1) is 7.42. The van der Waals surface area contributed by atoms with Crippen molar-refractivity contribution >= 4 is 0 Å². The van der Waals surface area contributed by atoms with Crippen LogP contribution in [0.25, 0.3) is 0 Å². The van der Waals surface area contributed by atoms with Crippen LogP contribution in [-0.2, 0) is 0 Å². The van der Waals surface area contributed by atoms with E-state index in [4.69, 9.17) is 0 Å². The second-order valence-electron chi connectivity index (χ2n) is 3.98. The van der Waals surface area contributed by atoms with Gasteiger partial charge >= 0.3 is 0 Å². The van der Waals surface area contributed by atoms with E-state index < -0.39 is 0 Å².